The molecule has 3 amide bonds. The fraction of sp³-hybridized carbons (Fsp3) is 0.158. The first-order valence-electron chi connectivity index (χ1n) is 8.14. The average Bonchev–Trinajstić information content (AvgIpc) is 2.61. The number of alkyl halides is 2. The number of ether oxygens (including phenoxy) is 1. The molecule has 0 aliphatic carbocycles. The Balaban J connectivity index is 1.99. The summed E-state index contributed by atoms with van der Waals surface area (Å²) < 4.78 is 30.1. The molecule has 27 heavy (non-hydrogen) atoms. The molecule has 3 N–H and O–H groups in total. The van der Waals surface area contributed by atoms with Gasteiger partial charge in [-0.2, -0.15) is 8.78 Å². The molecule has 3 rings (SSSR count). The number of halogens is 2. The number of allylic oxidation sites excluding steroid dienone is 1. The molecule has 0 radical (unpaired) electrons. The molecule has 0 saturated carbocycles. The van der Waals surface area contributed by atoms with Gasteiger partial charge in [-0.05, 0) is 25.1 Å². The lowest BCUT2D eigenvalue weighted by atomic mass is 9.94. The third-order valence-electron chi connectivity index (χ3n) is 3.99. The maximum absolute atomic E-state index is 12.9. The van der Waals surface area contributed by atoms with Crippen molar-refractivity contribution in [3.63, 3.8) is 0 Å². The minimum atomic E-state index is -3.03. The number of amides is 3. The van der Waals surface area contributed by atoms with Crippen LogP contribution in [0.3, 0.4) is 0 Å². The van der Waals surface area contributed by atoms with Gasteiger partial charge in [0.1, 0.15) is 5.75 Å². The highest BCUT2D eigenvalue weighted by molar-refractivity contribution is 6.06. The van der Waals surface area contributed by atoms with E-state index in [0.717, 1.165) is 0 Å². The zero-order valence-electron chi connectivity index (χ0n) is 14.3. The van der Waals surface area contributed by atoms with Gasteiger partial charge in [0.25, 0.3) is 5.91 Å². The quantitative estimate of drug-likeness (QED) is 0.750. The van der Waals surface area contributed by atoms with E-state index >= 15 is 0 Å². The molecule has 2 aromatic carbocycles. The van der Waals surface area contributed by atoms with Crippen molar-refractivity contribution in [3.8, 4) is 5.75 Å². The van der Waals surface area contributed by atoms with Gasteiger partial charge in [0.05, 0.1) is 11.6 Å². The predicted molar refractivity (Wildman–Crippen MR) is 95.3 cm³/mol. The summed E-state index contributed by atoms with van der Waals surface area (Å²) in [6.07, 6.45) is 0. The molecular weight excluding hydrogens is 356 g/mol. The molecule has 140 valence electrons. The van der Waals surface area contributed by atoms with Crippen LogP contribution in [-0.4, -0.2) is 18.5 Å². The summed E-state index contributed by atoms with van der Waals surface area (Å²) in [5, 5.41) is 7.88. The van der Waals surface area contributed by atoms with Gasteiger partial charge >= 0.3 is 12.6 Å². The fourth-order valence-electron chi connectivity index (χ4n) is 2.87. The van der Waals surface area contributed by atoms with Crippen molar-refractivity contribution >= 4 is 17.6 Å². The zero-order valence-corrected chi connectivity index (χ0v) is 14.3. The lowest BCUT2D eigenvalue weighted by Gasteiger charge is -2.29. The van der Waals surface area contributed by atoms with Crippen molar-refractivity contribution in [3.05, 3.63) is 71.4 Å². The van der Waals surface area contributed by atoms with E-state index in [0.29, 0.717) is 11.4 Å². The summed E-state index contributed by atoms with van der Waals surface area (Å²) in [4.78, 5) is 24.8. The summed E-state index contributed by atoms with van der Waals surface area (Å²) in [5.41, 5.74) is 1.34. The van der Waals surface area contributed by atoms with E-state index in [9.17, 15) is 18.4 Å². The summed E-state index contributed by atoms with van der Waals surface area (Å²) in [7, 11) is 0. The maximum Gasteiger partial charge on any atom is 0.387 e. The number of rotatable bonds is 5. The first-order valence-corrected chi connectivity index (χ1v) is 8.14. The normalized spacial score (nSPS) is 16.6. The number of para-hydroxylation sites is 2. The second-order valence-electron chi connectivity index (χ2n) is 5.81. The van der Waals surface area contributed by atoms with Crippen LogP contribution in [0.2, 0.25) is 0 Å². The number of carbonyl (C=O) groups is 2. The van der Waals surface area contributed by atoms with Gasteiger partial charge in [-0.15, -0.1) is 0 Å². The van der Waals surface area contributed by atoms with E-state index in [1.165, 1.54) is 18.2 Å². The van der Waals surface area contributed by atoms with Crippen molar-refractivity contribution in [2.45, 2.75) is 19.6 Å². The number of hydrogen-bond acceptors (Lipinski definition) is 3. The maximum atomic E-state index is 12.9. The van der Waals surface area contributed by atoms with Crippen LogP contribution >= 0.6 is 0 Å². The number of anilines is 1. The summed E-state index contributed by atoms with van der Waals surface area (Å²) in [5.74, 6) is -0.583. The van der Waals surface area contributed by atoms with Crippen molar-refractivity contribution in [1.29, 1.82) is 0 Å². The van der Waals surface area contributed by atoms with Crippen LogP contribution in [0.5, 0.6) is 5.75 Å². The minimum absolute atomic E-state index is 0.113. The van der Waals surface area contributed by atoms with Gasteiger partial charge in [-0.25, -0.2) is 4.79 Å². The Labute approximate surface area is 154 Å². The highest BCUT2D eigenvalue weighted by Gasteiger charge is 2.33. The monoisotopic (exact) mass is 373 g/mol. The number of carbonyl (C=O) groups excluding carboxylic acids is 2. The van der Waals surface area contributed by atoms with Crippen LogP contribution in [0.4, 0.5) is 19.3 Å². The first kappa shape index (κ1) is 18.4. The second kappa shape index (κ2) is 7.86. The molecule has 1 aliphatic heterocycles. The lowest BCUT2D eigenvalue weighted by Crippen LogP contribution is -2.46. The Morgan fingerprint density at radius 3 is 2.48 bits per heavy atom. The average molecular weight is 373 g/mol. The Morgan fingerprint density at radius 2 is 1.78 bits per heavy atom. The van der Waals surface area contributed by atoms with Crippen LogP contribution in [0, 0.1) is 0 Å². The fourth-order valence-corrected chi connectivity index (χ4v) is 2.87. The van der Waals surface area contributed by atoms with Crippen molar-refractivity contribution < 1.29 is 23.1 Å². The van der Waals surface area contributed by atoms with Crippen LogP contribution in [0.15, 0.2) is 65.9 Å². The number of hydrogen-bond donors (Lipinski definition) is 3. The number of urea groups is 1. The molecule has 0 saturated heterocycles. The van der Waals surface area contributed by atoms with Gasteiger partial charge in [0.2, 0.25) is 0 Å². The largest absolute Gasteiger partial charge is 0.434 e. The van der Waals surface area contributed by atoms with E-state index < -0.39 is 24.6 Å². The van der Waals surface area contributed by atoms with E-state index in [1.54, 1.807) is 37.3 Å². The van der Waals surface area contributed by atoms with Gasteiger partial charge < -0.3 is 20.7 Å². The summed E-state index contributed by atoms with van der Waals surface area (Å²) >= 11 is 0. The minimum Gasteiger partial charge on any atom is -0.434 e. The van der Waals surface area contributed by atoms with E-state index in [2.05, 4.69) is 20.7 Å². The molecule has 0 bridgehead atoms. The van der Waals surface area contributed by atoms with E-state index in [4.69, 9.17) is 0 Å². The zero-order chi connectivity index (χ0) is 19.4. The molecule has 0 aromatic heterocycles. The van der Waals surface area contributed by atoms with Gasteiger partial charge in [-0.3, -0.25) is 4.79 Å². The van der Waals surface area contributed by atoms with Gasteiger partial charge in [0, 0.05) is 16.9 Å². The molecule has 0 unspecified atom stereocenters. The molecule has 6 nitrogen and oxygen atoms in total. The molecule has 8 heteroatoms. The Kier molecular flexibility index (Phi) is 5.35. The van der Waals surface area contributed by atoms with Crippen LogP contribution in [0.1, 0.15) is 18.5 Å². The molecule has 1 aliphatic rings. The Hall–Kier alpha value is -3.42. The van der Waals surface area contributed by atoms with Crippen LogP contribution < -0.4 is 20.7 Å². The van der Waals surface area contributed by atoms with Gasteiger partial charge in [-0.1, -0.05) is 36.4 Å². The highest BCUT2D eigenvalue weighted by Crippen LogP contribution is 2.34. The standard InChI is InChI=1S/C19H17F2N3O3/c1-11-15(17(25)23-12-7-3-2-4-8-12)16(24-19(26)22-11)13-9-5-6-10-14(13)27-18(20)21/h2-10,16,18H,1H3,(H,23,25)(H2,22,24,26)/t16-/m1/s1. The van der Waals surface area contributed by atoms with E-state index in [-0.39, 0.29) is 16.9 Å². The molecule has 1 heterocycles. The van der Waals surface area contributed by atoms with Crippen LogP contribution in [-0.2, 0) is 4.79 Å². The molecular formula is C19H17F2N3O3. The van der Waals surface area contributed by atoms with Crippen LogP contribution in [0.25, 0.3) is 0 Å². The Bertz CT molecular complexity index is 885. The smallest absolute Gasteiger partial charge is 0.387 e. The molecule has 2 aromatic rings. The third-order valence-corrected chi connectivity index (χ3v) is 3.99. The predicted octanol–water partition coefficient (Wildman–Crippen LogP) is 3.55. The molecule has 0 fully saturated rings. The summed E-state index contributed by atoms with van der Waals surface area (Å²) in [6, 6.07) is 13.3. The highest BCUT2D eigenvalue weighted by atomic mass is 19.3. The lowest BCUT2D eigenvalue weighted by molar-refractivity contribution is -0.113. The second-order valence-corrected chi connectivity index (χ2v) is 5.81. The molecule has 1 atom stereocenters. The summed E-state index contributed by atoms with van der Waals surface area (Å²) in [6.45, 7) is -1.46. The number of nitrogens with one attached hydrogen (secondary N) is 3. The topological polar surface area (TPSA) is 79.5 Å². The van der Waals surface area contributed by atoms with Gasteiger partial charge in [0.15, 0.2) is 0 Å². The van der Waals surface area contributed by atoms with Crippen molar-refractivity contribution in [2.24, 2.45) is 0 Å². The SMILES string of the molecule is CC1=C(C(=O)Nc2ccccc2)[C@@H](c2ccccc2OC(F)F)NC(=O)N1. The van der Waals surface area contributed by atoms with Crippen molar-refractivity contribution in [2.75, 3.05) is 5.32 Å². The van der Waals surface area contributed by atoms with E-state index in [1.807, 2.05) is 6.07 Å². The van der Waals surface area contributed by atoms with Crippen molar-refractivity contribution in [1.82, 2.24) is 10.6 Å². The Morgan fingerprint density at radius 1 is 1.11 bits per heavy atom. The number of benzene rings is 2. The third kappa shape index (κ3) is 4.22. The first-order chi connectivity index (χ1) is 13.0. The molecule has 0 spiro atoms.